The molecule has 94 valence electrons. The number of carbonyl (C=O) groups is 1. The lowest BCUT2D eigenvalue weighted by molar-refractivity contribution is 0.103. The zero-order valence-electron chi connectivity index (χ0n) is 9.10. The van der Waals surface area contributed by atoms with Crippen LogP contribution in [0, 0.1) is 0 Å². The van der Waals surface area contributed by atoms with Crippen molar-refractivity contribution < 1.29 is 9.53 Å². The zero-order valence-corrected chi connectivity index (χ0v) is 12.2. The highest BCUT2D eigenvalue weighted by molar-refractivity contribution is 14.0. The molecule has 1 aromatic heterocycles. The number of methoxy groups -OCH3 is 1. The van der Waals surface area contributed by atoms with Crippen molar-refractivity contribution in [1.29, 1.82) is 0 Å². The molecular weight excluding hydrogens is 360 g/mol. The summed E-state index contributed by atoms with van der Waals surface area (Å²) < 4.78 is 4.74. The molecule has 17 heavy (non-hydrogen) atoms. The topological polar surface area (TPSA) is 116 Å². The van der Waals surface area contributed by atoms with Gasteiger partial charge in [-0.2, -0.15) is 0 Å². The van der Waals surface area contributed by atoms with E-state index in [0.29, 0.717) is 0 Å². The van der Waals surface area contributed by atoms with Crippen LogP contribution in [0.25, 0.3) is 0 Å². The van der Waals surface area contributed by atoms with Gasteiger partial charge in [0.05, 0.1) is 7.11 Å². The van der Waals surface area contributed by atoms with Gasteiger partial charge in [-0.3, -0.25) is 9.79 Å². The number of nitrogens with zero attached hydrogens (tertiary/aromatic N) is 3. The van der Waals surface area contributed by atoms with Gasteiger partial charge < -0.3 is 16.2 Å². The van der Waals surface area contributed by atoms with Gasteiger partial charge in [-0.25, -0.2) is 9.97 Å². The smallest absolute Gasteiger partial charge is 0.269 e. The fraction of sp³-hybridized carbons (Fsp3) is 0.250. The number of nitrogens with two attached hydrogens (primary N) is 2. The summed E-state index contributed by atoms with van der Waals surface area (Å²) in [5.41, 5.74) is 10.7. The molecule has 0 aliphatic carbocycles. The van der Waals surface area contributed by atoms with E-state index in [-0.39, 0.29) is 52.4 Å². The third-order valence-electron chi connectivity index (χ3n) is 1.71. The second-order valence-electron chi connectivity index (χ2n) is 2.70. The number of nitrogen functional groups attached to an aromatic ring is 2. The first kappa shape index (κ1) is 15.8. The van der Waals surface area contributed by atoms with Crippen molar-refractivity contribution in [2.45, 2.75) is 0 Å². The Morgan fingerprint density at radius 3 is 2.41 bits per heavy atom. The summed E-state index contributed by atoms with van der Waals surface area (Å²) in [6, 6.07) is 0. The molecule has 0 amide bonds. The number of aromatic nitrogens is 2. The van der Waals surface area contributed by atoms with Crippen molar-refractivity contribution in [3.05, 3.63) is 10.8 Å². The highest BCUT2D eigenvalue weighted by Crippen LogP contribution is 2.18. The van der Waals surface area contributed by atoms with Crippen LogP contribution in [-0.2, 0) is 4.74 Å². The number of rotatable bonds is 2. The van der Waals surface area contributed by atoms with Crippen molar-refractivity contribution >= 4 is 58.9 Å². The van der Waals surface area contributed by atoms with Gasteiger partial charge in [0.2, 0.25) is 0 Å². The lowest BCUT2D eigenvalue weighted by Gasteiger charge is -2.06. The van der Waals surface area contributed by atoms with Crippen LogP contribution in [0.2, 0.25) is 5.15 Å². The number of hydrogen-bond acceptors (Lipinski definition) is 7. The largest absolute Gasteiger partial charge is 0.478 e. The van der Waals surface area contributed by atoms with Gasteiger partial charge in [-0.05, 0) is 0 Å². The number of anilines is 2. The highest BCUT2D eigenvalue weighted by atomic mass is 127. The van der Waals surface area contributed by atoms with E-state index in [0.717, 1.165) is 0 Å². The average molecular weight is 372 g/mol. The molecule has 0 unspecified atom stereocenters. The molecule has 7 nitrogen and oxygen atoms in total. The SMILES string of the molecule is CN=C(OC)C(=O)c1nc(Cl)c(N)nc1N.I. The van der Waals surface area contributed by atoms with E-state index in [2.05, 4.69) is 15.0 Å². The summed E-state index contributed by atoms with van der Waals surface area (Å²) in [5, 5.41) is -0.0934. The van der Waals surface area contributed by atoms with Crippen LogP contribution in [0.4, 0.5) is 11.6 Å². The lowest BCUT2D eigenvalue weighted by Crippen LogP contribution is -2.20. The quantitative estimate of drug-likeness (QED) is 0.343. The fourth-order valence-electron chi connectivity index (χ4n) is 0.995. The molecule has 0 aliphatic heterocycles. The van der Waals surface area contributed by atoms with Crippen LogP contribution in [0.3, 0.4) is 0 Å². The van der Waals surface area contributed by atoms with Gasteiger partial charge in [0.25, 0.3) is 11.7 Å². The van der Waals surface area contributed by atoms with Crippen LogP contribution in [0.5, 0.6) is 0 Å². The molecule has 1 rings (SSSR count). The van der Waals surface area contributed by atoms with Gasteiger partial charge in [0, 0.05) is 7.05 Å². The van der Waals surface area contributed by atoms with E-state index in [1.54, 1.807) is 0 Å². The molecule has 0 spiro atoms. The first-order valence-electron chi connectivity index (χ1n) is 4.15. The predicted molar refractivity (Wildman–Crippen MR) is 76.0 cm³/mol. The molecule has 0 aliphatic rings. The average Bonchev–Trinajstić information content (AvgIpc) is 2.25. The van der Waals surface area contributed by atoms with E-state index in [9.17, 15) is 4.79 Å². The molecule has 0 saturated carbocycles. The summed E-state index contributed by atoms with van der Waals surface area (Å²) in [6.45, 7) is 0. The molecule has 0 fully saturated rings. The minimum Gasteiger partial charge on any atom is -0.478 e. The second-order valence-corrected chi connectivity index (χ2v) is 3.05. The Morgan fingerprint density at radius 2 is 1.94 bits per heavy atom. The van der Waals surface area contributed by atoms with E-state index >= 15 is 0 Å². The number of ketones is 1. The van der Waals surface area contributed by atoms with E-state index in [1.165, 1.54) is 14.2 Å². The van der Waals surface area contributed by atoms with E-state index in [1.807, 2.05) is 0 Å². The fourth-order valence-corrected chi connectivity index (χ4v) is 1.12. The molecule has 0 bridgehead atoms. The Kier molecular flexibility index (Phi) is 6.10. The van der Waals surface area contributed by atoms with Crippen molar-refractivity contribution in [3.8, 4) is 0 Å². The number of halogens is 2. The number of aliphatic imine (C=N–C) groups is 1. The third kappa shape index (κ3) is 3.40. The minimum absolute atomic E-state index is 0. The Balaban J connectivity index is 0.00000256. The maximum atomic E-state index is 11.8. The van der Waals surface area contributed by atoms with Crippen LogP contribution in [0.15, 0.2) is 4.99 Å². The molecule has 0 aromatic carbocycles. The Labute approximate surface area is 120 Å². The van der Waals surface area contributed by atoms with Crippen molar-refractivity contribution in [2.75, 3.05) is 25.6 Å². The van der Waals surface area contributed by atoms with Gasteiger partial charge in [0.1, 0.15) is 0 Å². The number of ether oxygens (including phenoxy) is 1. The van der Waals surface area contributed by atoms with Gasteiger partial charge in [-0.15, -0.1) is 24.0 Å². The van der Waals surface area contributed by atoms with Crippen molar-refractivity contribution in [1.82, 2.24) is 9.97 Å². The van der Waals surface area contributed by atoms with Gasteiger partial charge in [-0.1, -0.05) is 11.6 Å². The molecule has 9 heteroatoms. The number of Topliss-reactive ketones (excluding diaryl/α,β-unsaturated/α-hetero) is 1. The zero-order chi connectivity index (χ0) is 12.3. The lowest BCUT2D eigenvalue weighted by atomic mass is 10.2. The predicted octanol–water partition coefficient (Wildman–Crippen LogP) is 0.770. The molecule has 0 saturated heterocycles. The van der Waals surface area contributed by atoms with E-state index < -0.39 is 5.78 Å². The van der Waals surface area contributed by atoms with Gasteiger partial charge in [0.15, 0.2) is 22.5 Å². The van der Waals surface area contributed by atoms with Crippen LogP contribution >= 0.6 is 35.6 Å². The molecular formula is C8H11ClIN5O2. The first-order chi connectivity index (χ1) is 7.51. The summed E-state index contributed by atoms with van der Waals surface area (Å²) in [5.74, 6) is -0.896. The summed E-state index contributed by atoms with van der Waals surface area (Å²) in [7, 11) is 2.71. The number of hydrogen-bond donors (Lipinski definition) is 2. The van der Waals surface area contributed by atoms with Gasteiger partial charge >= 0.3 is 0 Å². The first-order valence-corrected chi connectivity index (χ1v) is 4.53. The summed E-state index contributed by atoms with van der Waals surface area (Å²) in [4.78, 5) is 22.8. The molecule has 0 atom stereocenters. The Bertz CT molecular complexity index is 465. The second kappa shape index (κ2) is 6.55. The monoisotopic (exact) mass is 371 g/mol. The molecule has 1 aromatic rings. The maximum absolute atomic E-state index is 11.8. The summed E-state index contributed by atoms with van der Waals surface area (Å²) in [6.07, 6.45) is 0. The third-order valence-corrected chi connectivity index (χ3v) is 1.99. The molecule has 1 heterocycles. The van der Waals surface area contributed by atoms with Crippen molar-refractivity contribution in [2.24, 2.45) is 4.99 Å². The maximum Gasteiger partial charge on any atom is 0.269 e. The standard InChI is InChI=1S/C8H10ClN5O2.HI/c1-12-8(16-2)4(15)3-6(10)14-7(11)5(9)13-3;/h1-2H3,(H4,10,11,14);1H. The molecule has 0 radical (unpaired) electrons. The van der Waals surface area contributed by atoms with Crippen LogP contribution < -0.4 is 11.5 Å². The molecule has 4 N–H and O–H groups in total. The number of carbonyl (C=O) groups excluding carboxylic acids is 1. The summed E-state index contributed by atoms with van der Waals surface area (Å²) >= 11 is 5.63. The Morgan fingerprint density at radius 1 is 1.35 bits per heavy atom. The normalized spacial score (nSPS) is 10.6. The van der Waals surface area contributed by atoms with Crippen LogP contribution in [-0.4, -0.2) is 35.8 Å². The van der Waals surface area contributed by atoms with Crippen LogP contribution in [0.1, 0.15) is 10.5 Å². The minimum atomic E-state index is -0.600. The highest BCUT2D eigenvalue weighted by Gasteiger charge is 2.21. The van der Waals surface area contributed by atoms with E-state index in [4.69, 9.17) is 27.8 Å². The Hall–Kier alpha value is -1.16. The van der Waals surface area contributed by atoms with Crippen molar-refractivity contribution in [3.63, 3.8) is 0 Å².